The lowest BCUT2D eigenvalue weighted by Gasteiger charge is -2.05. The normalized spacial score (nSPS) is 10.3. The summed E-state index contributed by atoms with van der Waals surface area (Å²) in [6, 6.07) is 1.89. The number of rotatable bonds is 8. The van der Waals surface area contributed by atoms with Crippen molar-refractivity contribution in [1.29, 1.82) is 0 Å². The third kappa shape index (κ3) is 5.50. The standard InChI is InChI=1S/C11H20N4O/c12-6-2-1-5-11(16)13-7-3-9-15-10-4-8-14-15/h4,8,10H,1-3,5-7,9,12H2,(H,13,16). The number of nitrogens with two attached hydrogens (primary N) is 1. The predicted octanol–water partition coefficient (Wildman–Crippen LogP) is 0.518. The van der Waals surface area contributed by atoms with Gasteiger partial charge in [0.15, 0.2) is 0 Å². The van der Waals surface area contributed by atoms with Gasteiger partial charge in [-0.2, -0.15) is 5.10 Å². The van der Waals surface area contributed by atoms with E-state index in [1.165, 1.54) is 0 Å². The van der Waals surface area contributed by atoms with Crippen LogP contribution >= 0.6 is 0 Å². The molecule has 1 rings (SSSR count). The van der Waals surface area contributed by atoms with Gasteiger partial charge in [-0.3, -0.25) is 9.48 Å². The summed E-state index contributed by atoms with van der Waals surface area (Å²) in [4.78, 5) is 11.3. The molecule has 5 heteroatoms. The SMILES string of the molecule is NCCCCC(=O)NCCCn1cccn1. The summed E-state index contributed by atoms with van der Waals surface area (Å²) in [5.41, 5.74) is 5.35. The van der Waals surface area contributed by atoms with Crippen LogP contribution in [-0.4, -0.2) is 28.8 Å². The van der Waals surface area contributed by atoms with E-state index in [1.54, 1.807) is 6.20 Å². The van der Waals surface area contributed by atoms with Gasteiger partial charge in [0.1, 0.15) is 0 Å². The van der Waals surface area contributed by atoms with Gasteiger partial charge in [0.2, 0.25) is 5.91 Å². The fraction of sp³-hybridized carbons (Fsp3) is 0.636. The topological polar surface area (TPSA) is 72.9 Å². The van der Waals surface area contributed by atoms with Crippen LogP contribution in [0.3, 0.4) is 0 Å². The number of amides is 1. The lowest BCUT2D eigenvalue weighted by molar-refractivity contribution is -0.121. The molecule has 0 radical (unpaired) electrons. The molecule has 0 bridgehead atoms. The quantitative estimate of drug-likeness (QED) is 0.632. The Morgan fingerprint density at radius 3 is 2.94 bits per heavy atom. The minimum atomic E-state index is 0.119. The Morgan fingerprint density at radius 1 is 1.38 bits per heavy atom. The van der Waals surface area contributed by atoms with E-state index in [2.05, 4.69) is 10.4 Å². The van der Waals surface area contributed by atoms with Crippen LogP contribution in [0.25, 0.3) is 0 Å². The third-order valence-corrected chi connectivity index (χ3v) is 2.30. The number of nitrogens with one attached hydrogen (secondary N) is 1. The second kappa shape index (κ2) is 7.87. The zero-order valence-electron chi connectivity index (χ0n) is 9.56. The highest BCUT2D eigenvalue weighted by Crippen LogP contribution is 1.93. The summed E-state index contributed by atoms with van der Waals surface area (Å²) in [5.74, 6) is 0.119. The molecule has 16 heavy (non-hydrogen) atoms. The van der Waals surface area contributed by atoms with Crippen molar-refractivity contribution in [2.75, 3.05) is 13.1 Å². The average molecular weight is 224 g/mol. The van der Waals surface area contributed by atoms with Gasteiger partial charge in [-0.05, 0) is 31.9 Å². The number of nitrogens with zero attached hydrogens (tertiary/aromatic N) is 2. The summed E-state index contributed by atoms with van der Waals surface area (Å²) >= 11 is 0. The van der Waals surface area contributed by atoms with Crippen molar-refractivity contribution in [3.8, 4) is 0 Å². The molecule has 0 aliphatic rings. The minimum Gasteiger partial charge on any atom is -0.356 e. The smallest absolute Gasteiger partial charge is 0.219 e. The van der Waals surface area contributed by atoms with E-state index < -0.39 is 0 Å². The van der Waals surface area contributed by atoms with E-state index in [9.17, 15) is 4.79 Å². The van der Waals surface area contributed by atoms with Gasteiger partial charge >= 0.3 is 0 Å². The monoisotopic (exact) mass is 224 g/mol. The Morgan fingerprint density at radius 2 is 2.25 bits per heavy atom. The number of aryl methyl sites for hydroxylation is 1. The Bertz CT molecular complexity index is 284. The van der Waals surface area contributed by atoms with Gasteiger partial charge in [0.25, 0.3) is 0 Å². The maximum Gasteiger partial charge on any atom is 0.219 e. The molecule has 1 heterocycles. The molecule has 90 valence electrons. The first kappa shape index (κ1) is 12.7. The summed E-state index contributed by atoms with van der Waals surface area (Å²) in [5, 5.41) is 6.97. The zero-order valence-corrected chi connectivity index (χ0v) is 9.56. The molecule has 0 aliphatic carbocycles. The number of carbonyl (C=O) groups excluding carboxylic acids is 1. The fourth-order valence-electron chi connectivity index (χ4n) is 1.42. The molecule has 3 N–H and O–H groups in total. The van der Waals surface area contributed by atoms with Crippen molar-refractivity contribution in [2.45, 2.75) is 32.2 Å². The summed E-state index contributed by atoms with van der Waals surface area (Å²) in [7, 11) is 0. The van der Waals surface area contributed by atoms with E-state index in [-0.39, 0.29) is 5.91 Å². The fourth-order valence-corrected chi connectivity index (χ4v) is 1.42. The molecule has 0 saturated carbocycles. The van der Waals surface area contributed by atoms with Crippen molar-refractivity contribution in [3.05, 3.63) is 18.5 Å². The Kier molecular flexibility index (Phi) is 6.25. The Balaban J connectivity index is 1.96. The van der Waals surface area contributed by atoms with Gasteiger partial charge in [-0.1, -0.05) is 0 Å². The van der Waals surface area contributed by atoms with Crippen LogP contribution in [-0.2, 0) is 11.3 Å². The molecule has 0 unspecified atom stereocenters. The minimum absolute atomic E-state index is 0.119. The second-order valence-electron chi connectivity index (χ2n) is 3.72. The largest absolute Gasteiger partial charge is 0.356 e. The second-order valence-corrected chi connectivity index (χ2v) is 3.72. The van der Waals surface area contributed by atoms with Crippen molar-refractivity contribution >= 4 is 5.91 Å². The number of hydrogen-bond acceptors (Lipinski definition) is 3. The van der Waals surface area contributed by atoms with Crippen LogP contribution in [0.4, 0.5) is 0 Å². The summed E-state index contributed by atoms with van der Waals surface area (Å²) in [6.07, 6.45) is 6.96. The molecular weight excluding hydrogens is 204 g/mol. The van der Waals surface area contributed by atoms with E-state index in [0.29, 0.717) is 19.5 Å². The number of carbonyl (C=O) groups is 1. The van der Waals surface area contributed by atoms with Gasteiger partial charge in [-0.25, -0.2) is 0 Å². The van der Waals surface area contributed by atoms with E-state index in [4.69, 9.17) is 5.73 Å². The van der Waals surface area contributed by atoms with Crippen LogP contribution < -0.4 is 11.1 Å². The van der Waals surface area contributed by atoms with Gasteiger partial charge in [0, 0.05) is 31.9 Å². The molecule has 0 saturated heterocycles. The molecule has 0 aromatic carbocycles. The van der Waals surface area contributed by atoms with Crippen molar-refractivity contribution < 1.29 is 4.79 Å². The van der Waals surface area contributed by atoms with Gasteiger partial charge in [-0.15, -0.1) is 0 Å². The molecule has 5 nitrogen and oxygen atoms in total. The van der Waals surface area contributed by atoms with Gasteiger partial charge < -0.3 is 11.1 Å². The maximum absolute atomic E-state index is 11.3. The van der Waals surface area contributed by atoms with E-state index in [1.807, 2.05) is 16.9 Å². The third-order valence-electron chi connectivity index (χ3n) is 2.30. The first-order valence-electron chi connectivity index (χ1n) is 5.77. The molecule has 1 amide bonds. The lowest BCUT2D eigenvalue weighted by Crippen LogP contribution is -2.25. The lowest BCUT2D eigenvalue weighted by atomic mass is 10.2. The molecule has 0 atom stereocenters. The Hall–Kier alpha value is -1.36. The molecule has 1 aromatic rings. The van der Waals surface area contributed by atoms with Crippen LogP contribution in [0.15, 0.2) is 18.5 Å². The van der Waals surface area contributed by atoms with Crippen LogP contribution in [0.5, 0.6) is 0 Å². The Labute approximate surface area is 96.0 Å². The molecule has 1 aromatic heterocycles. The highest BCUT2D eigenvalue weighted by atomic mass is 16.1. The van der Waals surface area contributed by atoms with Crippen molar-refractivity contribution in [3.63, 3.8) is 0 Å². The molecule has 0 spiro atoms. The summed E-state index contributed by atoms with van der Waals surface area (Å²) < 4.78 is 1.86. The van der Waals surface area contributed by atoms with Crippen LogP contribution in [0.2, 0.25) is 0 Å². The predicted molar refractivity (Wildman–Crippen MR) is 62.8 cm³/mol. The van der Waals surface area contributed by atoms with Crippen molar-refractivity contribution in [1.82, 2.24) is 15.1 Å². The molecular formula is C11H20N4O. The van der Waals surface area contributed by atoms with Crippen LogP contribution in [0, 0.1) is 0 Å². The van der Waals surface area contributed by atoms with Crippen molar-refractivity contribution in [2.24, 2.45) is 5.73 Å². The summed E-state index contributed by atoms with van der Waals surface area (Å²) in [6.45, 7) is 2.21. The maximum atomic E-state index is 11.3. The average Bonchev–Trinajstić information content (AvgIpc) is 2.78. The van der Waals surface area contributed by atoms with Gasteiger partial charge in [0.05, 0.1) is 0 Å². The molecule has 0 fully saturated rings. The molecule has 0 aliphatic heterocycles. The first-order valence-corrected chi connectivity index (χ1v) is 5.77. The van der Waals surface area contributed by atoms with Crippen LogP contribution in [0.1, 0.15) is 25.7 Å². The first-order chi connectivity index (χ1) is 7.83. The number of aromatic nitrogens is 2. The highest BCUT2D eigenvalue weighted by molar-refractivity contribution is 5.75. The number of hydrogen-bond donors (Lipinski definition) is 2. The zero-order chi connectivity index (χ0) is 11.6. The van der Waals surface area contributed by atoms with E-state index >= 15 is 0 Å². The van der Waals surface area contributed by atoms with E-state index in [0.717, 1.165) is 25.8 Å². The highest BCUT2D eigenvalue weighted by Gasteiger charge is 1.99. The number of unbranched alkanes of at least 4 members (excludes halogenated alkanes) is 1.